The van der Waals surface area contributed by atoms with Crippen molar-refractivity contribution in [1.82, 2.24) is 5.48 Å². The van der Waals surface area contributed by atoms with Crippen molar-refractivity contribution in [3.63, 3.8) is 0 Å². The number of hydroxylamine groups is 1. The van der Waals surface area contributed by atoms with E-state index in [0.29, 0.717) is 0 Å². The maximum absolute atomic E-state index is 9.57. The van der Waals surface area contributed by atoms with Crippen LogP contribution in [0.3, 0.4) is 0 Å². The number of rotatable bonds is 3. The Kier molecular flexibility index (Phi) is 3.78. The second kappa shape index (κ2) is 4.49. The Morgan fingerprint density at radius 1 is 1.57 bits per heavy atom. The van der Waals surface area contributed by atoms with Crippen molar-refractivity contribution in [2.45, 2.75) is 30.7 Å². The fourth-order valence-electron chi connectivity index (χ4n) is 1.36. The molecule has 7 heteroatoms. The molecule has 0 aromatic carbocycles. The topological polar surface area (TPSA) is 111 Å². The Morgan fingerprint density at radius 3 is 2.71 bits per heavy atom. The highest BCUT2D eigenvalue weighted by Crippen LogP contribution is 2.27. The molecule has 14 heavy (non-hydrogen) atoms. The monoisotopic (exact) mass is 209 g/mol. The second-order valence-corrected chi connectivity index (χ2v) is 3.12. The first kappa shape index (κ1) is 11.8. The van der Waals surface area contributed by atoms with Crippen LogP contribution in [0.1, 0.15) is 6.42 Å². The predicted octanol–water partition coefficient (Wildman–Crippen LogP) is -2.71. The van der Waals surface area contributed by atoms with E-state index in [-0.39, 0.29) is 6.42 Å². The van der Waals surface area contributed by atoms with E-state index in [9.17, 15) is 15.3 Å². The van der Waals surface area contributed by atoms with Crippen LogP contribution in [0, 0.1) is 0 Å². The van der Waals surface area contributed by atoms with Gasteiger partial charge in [0.1, 0.15) is 12.2 Å². The average molecular weight is 209 g/mol. The van der Waals surface area contributed by atoms with Crippen LogP contribution >= 0.6 is 0 Å². The summed E-state index contributed by atoms with van der Waals surface area (Å²) in [5, 5.41) is 37.0. The molecule has 4 atom stereocenters. The molecule has 2 unspecified atom stereocenters. The van der Waals surface area contributed by atoms with Gasteiger partial charge in [-0.25, -0.2) is 4.84 Å². The zero-order valence-electron chi connectivity index (χ0n) is 7.75. The van der Waals surface area contributed by atoms with Crippen molar-refractivity contribution in [2.75, 3.05) is 13.7 Å². The first-order valence-electron chi connectivity index (χ1n) is 4.24. The lowest BCUT2D eigenvalue weighted by Gasteiger charge is -2.40. The Labute approximate surface area is 80.8 Å². The van der Waals surface area contributed by atoms with Crippen LogP contribution in [0.15, 0.2) is 0 Å². The van der Waals surface area contributed by atoms with E-state index < -0.39 is 30.9 Å². The molecule has 7 nitrogen and oxygen atoms in total. The van der Waals surface area contributed by atoms with E-state index in [1.54, 1.807) is 0 Å². The first-order valence-corrected chi connectivity index (χ1v) is 4.24. The van der Waals surface area contributed by atoms with Crippen LogP contribution in [0.2, 0.25) is 0 Å². The minimum atomic E-state index is -2.03. The van der Waals surface area contributed by atoms with Gasteiger partial charge in [-0.2, -0.15) is 5.48 Å². The fraction of sp³-hybridized carbons (Fsp3) is 1.00. The van der Waals surface area contributed by atoms with Gasteiger partial charge in [0.2, 0.25) is 0 Å². The molecular formula is C7H15NO6. The molecule has 0 aromatic rings. The predicted molar refractivity (Wildman–Crippen MR) is 43.7 cm³/mol. The summed E-state index contributed by atoms with van der Waals surface area (Å²) in [4.78, 5) is 4.62. The molecule has 1 rings (SSSR count). The third kappa shape index (κ3) is 2.39. The van der Waals surface area contributed by atoms with Crippen molar-refractivity contribution >= 4 is 0 Å². The van der Waals surface area contributed by atoms with Gasteiger partial charge >= 0.3 is 0 Å². The minimum Gasteiger partial charge on any atom is -0.394 e. The zero-order valence-corrected chi connectivity index (χ0v) is 7.75. The molecule has 0 spiro atoms. The van der Waals surface area contributed by atoms with Crippen LogP contribution in [-0.2, 0) is 9.57 Å². The lowest BCUT2D eigenvalue weighted by Crippen LogP contribution is -2.58. The molecule has 1 saturated heterocycles. The van der Waals surface area contributed by atoms with Crippen LogP contribution in [0.4, 0.5) is 0 Å². The fourth-order valence-corrected chi connectivity index (χ4v) is 1.36. The largest absolute Gasteiger partial charge is 0.394 e. The van der Waals surface area contributed by atoms with Gasteiger partial charge in [-0.15, -0.1) is 0 Å². The third-order valence-electron chi connectivity index (χ3n) is 2.02. The summed E-state index contributed by atoms with van der Waals surface area (Å²) in [6.07, 6.45) is -3.82. The van der Waals surface area contributed by atoms with Crippen LogP contribution in [0.5, 0.6) is 0 Å². The summed E-state index contributed by atoms with van der Waals surface area (Å²) in [5.41, 5.74) is 2.21. The summed E-state index contributed by atoms with van der Waals surface area (Å²) in [5.74, 6) is -2.03. The number of aliphatic hydroxyl groups excluding tert-OH is 3. The van der Waals surface area contributed by atoms with Gasteiger partial charge in [0.05, 0.1) is 19.1 Å². The molecule has 5 N–H and O–H groups in total. The maximum atomic E-state index is 9.57. The third-order valence-corrected chi connectivity index (χ3v) is 2.02. The summed E-state index contributed by atoms with van der Waals surface area (Å²) in [6, 6.07) is 0. The molecule has 0 amide bonds. The van der Waals surface area contributed by atoms with Crippen molar-refractivity contribution in [3.8, 4) is 0 Å². The van der Waals surface area contributed by atoms with Crippen LogP contribution < -0.4 is 5.48 Å². The van der Waals surface area contributed by atoms with Crippen molar-refractivity contribution in [3.05, 3.63) is 0 Å². The molecule has 0 bridgehead atoms. The van der Waals surface area contributed by atoms with Gasteiger partial charge in [0.15, 0.2) is 0 Å². The van der Waals surface area contributed by atoms with Crippen LogP contribution in [-0.4, -0.2) is 58.4 Å². The lowest BCUT2D eigenvalue weighted by molar-refractivity contribution is -0.429. The Morgan fingerprint density at radius 2 is 2.21 bits per heavy atom. The molecule has 0 aromatic heterocycles. The molecule has 1 fully saturated rings. The van der Waals surface area contributed by atoms with Crippen LogP contribution in [0.25, 0.3) is 0 Å². The van der Waals surface area contributed by atoms with E-state index in [1.807, 2.05) is 0 Å². The zero-order chi connectivity index (χ0) is 10.8. The summed E-state index contributed by atoms with van der Waals surface area (Å²) in [6.45, 7) is -0.520. The van der Waals surface area contributed by atoms with Gasteiger partial charge in [0.25, 0.3) is 5.97 Å². The van der Waals surface area contributed by atoms with Crippen molar-refractivity contribution < 1.29 is 30.0 Å². The SMILES string of the molecule is CNO[C@]1(O)CC(O)[C@H](O)C(CO)O1. The highest BCUT2D eigenvalue weighted by atomic mass is 16.9. The molecule has 1 aliphatic heterocycles. The first-order chi connectivity index (χ1) is 6.52. The van der Waals surface area contributed by atoms with Gasteiger partial charge in [0, 0.05) is 7.05 Å². The van der Waals surface area contributed by atoms with Gasteiger partial charge < -0.3 is 25.2 Å². The lowest BCUT2D eigenvalue weighted by atomic mass is 10.0. The van der Waals surface area contributed by atoms with Gasteiger partial charge in [-0.1, -0.05) is 0 Å². The smallest absolute Gasteiger partial charge is 0.299 e. The molecule has 1 heterocycles. The number of ether oxygens (including phenoxy) is 1. The number of hydrogen-bond donors (Lipinski definition) is 5. The van der Waals surface area contributed by atoms with Gasteiger partial charge in [-0.3, -0.25) is 0 Å². The van der Waals surface area contributed by atoms with E-state index >= 15 is 0 Å². The Hall–Kier alpha value is -0.280. The van der Waals surface area contributed by atoms with Gasteiger partial charge in [-0.05, 0) is 0 Å². The summed E-state index contributed by atoms with van der Waals surface area (Å²) >= 11 is 0. The molecule has 0 saturated carbocycles. The number of hydrogen-bond acceptors (Lipinski definition) is 7. The normalized spacial score (nSPS) is 43.9. The van der Waals surface area contributed by atoms with Crippen molar-refractivity contribution in [1.29, 1.82) is 0 Å². The molecule has 0 radical (unpaired) electrons. The standard InChI is InChI=1S/C7H15NO6/c1-8-14-7(12)2-4(10)6(11)5(3-9)13-7/h4-6,8-12H,2-3H2,1H3/t4?,5?,6-,7-/m0/s1. The summed E-state index contributed by atoms with van der Waals surface area (Å²) < 4.78 is 4.86. The number of aliphatic hydroxyl groups is 4. The number of nitrogens with one attached hydrogen (secondary N) is 1. The Balaban J connectivity index is 2.66. The average Bonchev–Trinajstić information content (AvgIpc) is 2.12. The Bertz CT molecular complexity index is 191. The molecular weight excluding hydrogens is 194 g/mol. The molecule has 1 aliphatic rings. The highest BCUT2D eigenvalue weighted by molar-refractivity contribution is 4.84. The van der Waals surface area contributed by atoms with E-state index in [2.05, 4.69) is 10.3 Å². The quantitative estimate of drug-likeness (QED) is 0.254. The second-order valence-electron chi connectivity index (χ2n) is 3.12. The molecule has 0 aliphatic carbocycles. The van der Waals surface area contributed by atoms with E-state index in [1.165, 1.54) is 7.05 Å². The molecule has 84 valence electrons. The summed E-state index contributed by atoms with van der Waals surface area (Å²) in [7, 11) is 1.41. The van der Waals surface area contributed by atoms with E-state index in [4.69, 9.17) is 9.84 Å². The maximum Gasteiger partial charge on any atom is 0.299 e. The highest BCUT2D eigenvalue weighted by Gasteiger charge is 2.46. The minimum absolute atomic E-state index is 0.300. The van der Waals surface area contributed by atoms with E-state index in [0.717, 1.165) is 0 Å². The van der Waals surface area contributed by atoms with Crippen molar-refractivity contribution in [2.24, 2.45) is 0 Å².